The second kappa shape index (κ2) is 8.71. The first-order chi connectivity index (χ1) is 13.0. The van der Waals surface area contributed by atoms with Gasteiger partial charge >= 0.3 is 11.8 Å². The normalized spacial score (nSPS) is 19.9. The van der Waals surface area contributed by atoms with Gasteiger partial charge in [-0.25, -0.2) is 0 Å². The van der Waals surface area contributed by atoms with Gasteiger partial charge < -0.3 is 25.2 Å². The van der Waals surface area contributed by atoms with Crippen LogP contribution in [-0.2, 0) is 20.7 Å². The highest BCUT2D eigenvalue weighted by atomic mass is 16.5. The summed E-state index contributed by atoms with van der Waals surface area (Å²) in [5.74, 6) is -1.20. The van der Waals surface area contributed by atoms with E-state index < -0.39 is 11.8 Å². The van der Waals surface area contributed by atoms with Gasteiger partial charge in [-0.1, -0.05) is 12.1 Å². The van der Waals surface area contributed by atoms with Crippen LogP contribution in [0, 0.1) is 0 Å². The van der Waals surface area contributed by atoms with Crippen molar-refractivity contribution in [3.8, 4) is 0 Å². The molecule has 0 unspecified atom stereocenters. The van der Waals surface area contributed by atoms with E-state index >= 15 is 0 Å². The molecule has 7 heteroatoms. The molecule has 148 valence electrons. The third-order valence-electron chi connectivity index (χ3n) is 5.42. The van der Waals surface area contributed by atoms with E-state index in [-0.39, 0.29) is 12.1 Å². The summed E-state index contributed by atoms with van der Waals surface area (Å²) in [5.41, 5.74) is 3.75. The third kappa shape index (κ3) is 4.78. The lowest BCUT2D eigenvalue weighted by Crippen LogP contribution is -2.44. The van der Waals surface area contributed by atoms with E-state index in [1.807, 2.05) is 14.1 Å². The van der Waals surface area contributed by atoms with Crippen LogP contribution in [0.4, 0.5) is 5.69 Å². The fraction of sp³-hybridized carbons (Fsp3) is 0.600. The molecule has 2 aliphatic rings. The van der Waals surface area contributed by atoms with E-state index in [2.05, 4.69) is 45.7 Å². The minimum atomic E-state index is -0.599. The van der Waals surface area contributed by atoms with E-state index in [9.17, 15) is 9.59 Å². The van der Waals surface area contributed by atoms with Crippen molar-refractivity contribution in [3.05, 3.63) is 29.3 Å². The molecule has 1 aromatic rings. The number of rotatable bonds is 6. The zero-order valence-electron chi connectivity index (χ0n) is 16.5. The number of carbonyl (C=O) groups excluding carboxylic acids is 2. The lowest BCUT2D eigenvalue weighted by Gasteiger charge is -2.26. The van der Waals surface area contributed by atoms with Gasteiger partial charge in [-0.3, -0.25) is 9.59 Å². The first kappa shape index (κ1) is 19.6. The number of nitrogens with zero attached hydrogens (tertiary/aromatic N) is 2. The van der Waals surface area contributed by atoms with Crippen LogP contribution in [0.15, 0.2) is 18.2 Å². The smallest absolute Gasteiger partial charge is 0.309 e. The maximum Gasteiger partial charge on any atom is 0.309 e. The maximum absolute atomic E-state index is 12.1. The second-order valence-corrected chi connectivity index (χ2v) is 7.59. The number of nitrogens with one attached hydrogen (secondary N) is 2. The van der Waals surface area contributed by atoms with Gasteiger partial charge in [-0.15, -0.1) is 0 Å². The Morgan fingerprint density at radius 1 is 1.30 bits per heavy atom. The number of hydrogen-bond donors (Lipinski definition) is 2. The first-order valence-corrected chi connectivity index (χ1v) is 9.63. The predicted molar refractivity (Wildman–Crippen MR) is 105 cm³/mol. The molecule has 2 aliphatic heterocycles. The number of benzene rings is 1. The molecule has 2 atom stereocenters. The van der Waals surface area contributed by atoms with Crippen LogP contribution in [0.3, 0.4) is 0 Å². The molecular weight excluding hydrogens is 344 g/mol. The van der Waals surface area contributed by atoms with Crippen molar-refractivity contribution in [1.29, 1.82) is 0 Å². The first-order valence-electron chi connectivity index (χ1n) is 9.63. The van der Waals surface area contributed by atoms with Crippen molar-refractivity contribution in [2.24, 2.45) is 0 Å². The summed E-state index contributed by atoms with van der Waals surface area (Å²) in [7, 11) is 6.06. The molecule has 0 aromatic heterocycles. The molecule has 27 heavy (non-hydrogen) atoms. The predicted octanol–water partition coefficient (Wildman–Crippen LogP) is 0.693. The summed E-state index contributed by atoms with van der Waals surface area (Å²) in [6, 6.07) is 6.48. The maximum atomic E-state index is 12.1. The number of carbonyl (C=O) groups is 2. The average Bonchev–Trinajstić information content (AvgIpc) is 3.29. The molecule has 2 N–H and O–H groups in total. The van der Waals surface area contributed by atoms with E-state index in [4.69, 9.17) is 4.74 Å². The van der Waals surface area contributed by atoms with Gasteiger partial charge in [-0.05, 0) is 50.6 Å². The van der Waals surface area contributed by atoms with Gasteiger partial charge in [-0.2, -0.15) is 0 Å². The Hall–Kier alpha value is -2.12. The molecule has 0 saturated carbocycles. The lowest BCUT2D eigenvalue weighted by atomic mass is 10.0. The zero-order chi connectivity index (χ0) is 19.4. The largest absolute Gasteiger partial charge is 0.376 e. The molecule has 2 amide bonds. The van der Waals surface area contributed by atoms with Crippen LogP contribution in [-0.4, -0.2) is 70.2 Å². The Kier molecular flexibility index (Phi) is 6.34. The summed E-state index contributed by atoms with van der Waals surface area (Å²) in [6.07, 6.45) is 3.00. The summed E-state index contributed by atoms with van der Waals surface area (Å²) < 4.78 is 5.46. The monoisotopic (exact) mass is 374 g/mol. The van der Waals surface area contributed by atoms with Gasteiger partial charge in [0.05, 0.1) is 12.1 Å². The summed E-state index contributed by atoms with van der Waals surface area (Å²) in [6.45, 7) is 2.54. The summed E-state index contributed by atoms with van der Waals surface area (Å²) in [5, 5.41) is 5.43. The van der Waals surface area contributed by atoms with Gasteiger partial charge in [0.1, 0.15) is 0 Å². The van der Waals surface area contributed by atoms with Gasteiger partial charge in [0, 0.05) is 39.0 Å². The third-order valence-corrected chi connectivity index (χ3v) is 5.42. The van der Waals surface area contributed by atoms with Crippen LogP contribution < -0.4 is 15.5 Å². The van der Waals surface area contributed by atoms with Gasteiger partial charge in [0.2, 0.25) is 0 Å². The highest BCUT2D eigenvalue weighted by Crippen LogP contribution is 2.30. The molecule has 2 heterocycles. The van der Waals surface area contributed by atoms with Crippen molar-refractivity contribution in [2.45, 2.75) is 31.4 Å². The Morgan fingerprint density at radius 2 is 2.07 bits per heavy atom. The van der Waals surface area contributed by atoms with E-state index in [0.717, 1.165) is 38.0 Å². The van der Waals surface area contributed by atoms with Crippen LogP contribution in [0.5, 0.6) is 0 Å². The van der Waals surface area contributed by atoms with Crippen LogP contribution >= 0.6 is 0 Å². The van der Waals surface area contributed by atoms with E-state index in [1.165, 1.54) is 11.3 Å². The number of ether oxygens (including phenoxy) is 1. The Morgan fingerprint density at radius 3 is 2.78 bits per heavy atom. The highest BCUT2D eigenvalue weighted by Gasteiger charge is 2.23. The van der Waals surface area contributed by atoms with Crippen molar-refractivity contribution in [2.75, 3.05) is 52.3 Å². The zero-order valence-corrected chi connectivity index (χ0v) is 16.5. The Bertz CT molecular complexity index is 686. The number of hydrogen-bond acceptors (Lipinski definition) is 5. The molecule has 3 rings (SSSR count). The van der Waals surface area contributed by atoms with Crippen LogP contribution in [0.25, 0.3) is 0 Å². The standard InChI is InChI=1S/C20H30N4O3/c1-23(2)18(14-6-7-17-15(11-14)8-9-24(17)3)13-22-20(26)19(25)21-12-16-5-4-10-27-16/h6-7,11,16,18H,4-5,8-10,12-13H2,1-3H3,(H,21,25)(H,22,26)/t16-,18-/m1/s1. The number of fused-ring (bicyclic) bond motifs is 1. The summed E-state index contributed by atoms with van der Waals surface area (Å²) in [4.78, 5) is 28.5. The molecule has 1 saturated heterocycles. The van der Waals surface area contributed by atoms with Crippen molar-refractivity contribution in [3.63, 3.8) is 0 Å². The van der Waals surface area contributed by atoms with Gasteiger partial charge in [0.15, 0.2) is 0 Å². The topological polar surface area (TPSA) is 73.9 Å². The highest BCUT2D eigenvalue weighted by molar-refractivity contribution is 6.35. The van der Waals surface area contributed by atoms with Crippen molar-refractivity contribution in [1.82, 2.24) is 15.5 Å². The Labute approximate surface area is 161 Å². The fourth-order valence-electron chi connectivity index (χ4n) is 3.75. The number of anilines is 1. The Balaban J connectivity index is 1.55. The van der Waals surface area contributed by atoms with Crippen molar-refractivity contribution >= 4 is 17.5 Å². The SMILES string of the molecule is CN1CCc2cc([C@@H](CNC(=O)C(=O)NC[C@H]3CCCO3)N(C)C)ccc21. The number of likely N-dealkylation sites (N-methyl/N-ethyl adjacent to an activating group) is 2. The molecule has 0 spiro atoms. The molecule has 1 aromatic carbocycles. The van der Waals surface area contributed by atoms with Crippen LogP contribution in [0.2, 0.25) is 0 Å². The molecular formula is C20H30N4O3. The van der Waals surface area contributed by atoms with E-state index in [1.54, 1.807) is 0 Å². The second-order valence-electron chi connectivity index (χ2n) is 7.59. The summed E-state index contributed by atoms with van der Waals surface area (Å²) >= 11 is 0. The molecule has 1 fully saturated rings. The van der Waals surface area contributed by atoms with Crippen molar-refractivity contribution < 1.29 is 14.3 Å². The lowest BCUT2D eigenvalue weighted by molar-refractivity contribution is -0.139. The molecule has 7 nitrogen and oxygen atoms in total. The van der Waals surface area contributed by atoms with E-state index in [0.29, 0.717) is 13.1 Å². The molecule has 0 radical (unpaired) electrons. The quantitative estimate of drug-likeness (QED) is 0.717. The average molecular weight is 374 g/mol. The minimum Gasteiger partial charge on any atom is -0.376 e. The van der Waals surface area contributed by atoms with Gasteiger partial charge in [0.25, 0.3) is 0 Å². The number of amides is 2. The minimum absolute atomic E-state index is 0.0103. The fourth-order valence-corrected chi connectivity index (χ4v) is 3.75. The molecule has 0 bridgehead atoms. The van der Waals surface area contributed by atoms with Crippen LogP contribution in [0.1, 0.15) is 30.0 Å². The molecule has 0 aliphatic carbocycles.